The highest BCUT2D eigenvalue weighted by atomic mass is 16.5. The number of hydrogen-bond acceptors (Lipinski definition) is 21. The number of carbonyl (C=O) groups excluding carboxylic acids is 12. The number of hydrogen-bond donors (Lipinski definition) is 18. The van der Waals surface area contributed by atoms with Gasteiger partial charge in [0.25, 0.3) is 0 Å². The number of benzene rings is 1. The molecule has 0 saturated carbocycles. The summed E-state index contributed by atoms with van der Waals surface area (Å²) in [6, 6.07) is -8.78. The van der Waals surface area contributed by atoms with E-state index in [0.717, 1.165) is 0 Å². The van der Waals surface area contributed by atoms with Crippen molar-refractivity contribution in [2.24, 2.45) is 28.1 Å². The number of nitrogens with two attached hydrogens (primary N) is 3. The molecule has 0 aliphatic carbocycles. The first-order chi connectivity index (χ1) is 46.5. The number of carboxylic acids is 4. The summed E-state index contributed by atoms with van der Waals surface area (Å²) in [4.78, 5) is 213. The number of carbonyl (C=O) groups is 16. The maximum absolute atomic E-state index is 14.3. The van der Waals surface area contributed by atoms with Crippen LogP contribution in [0.3, 0.4) is 0 Å². The molecule has 0 radical (unpaired) electrons. The average molecular weight is 1410 g/mol. The third-order valence-electron chi connectivity index (χ3n) is 15.4. The van der Waals surface area contributed by atoms with E-state index in [-0.39, 0.29) is 80.9 Å². The standard InChI is InChI=1S/C62H96N14O23/c1-32(2)29-44(59(96)68-33(3)34(4)77)75-60(97)46-10-8-27-76(46)61(98)43(9-6-7-25-67-62(64)65)69-47(79)31-99-28-26-66-54(91)45(30-36-11-13-37(14-12-36)35(5)78)74-58(95)42(19-24-52(88)89)73-57(94)41(18-23-51(86)87)72-56(93)40(17-22-50(84)85)71-55(92)39(16-21-49(82)83)70-53(90)38(63)15-20-48(80)81/h11-14,32-33,38-46,51,86-87H,6-10,15-31,63H2,1-5H3,(H,66,91)(H,68,96)(H,69,79)(H,70,90)(H,71,92)(H,72,93)(H,73,94)(H,74,95)(H,75,97)(H,80,81)(H,82,83)(H,84,85)(H,88,89)(H4,64,65,67)/t33-,38+,39+,40+,41+,42+,43-,44-,45?,46?/m0/s1. The molecule has 1 aliphatic heterocycles. The van der Waals surface area contributed by atoms with Gasteiger partial charge in [0.05, 0.1) is 18.7 Å². The largest absolute Gasteiger partial charge is 0.481 e. The fraction of sp³-hybridized carbons (Fsp3) is 0.629. The minimum atomic E-state index is -2.13. The van der Waals surface area contributed by atoms with Crippen LogP contribution in [-0.4, -0.2) is 236 Å². The molecule has 0 aromatic heterocycles. The number of nitrogens with zero attached hydrogens (tertiary/aromatic N) is 2. The van der Waals surface area contributed by atoms with Gasteiger partial charge in [-0.2, -0.15) is 0 Å². The maximum Gasteiger partial charge on any atom is 0.303 e. The Labute approximate surface area is 570 Å². The summed E-state index contributed by atoms with van der Waals surface area (Å²) in [6.07, 6.45) is -7.55. The van der Waals surface area contributed by atoms with Crippen molar-refractivity contribution in [3.8, 4) is 0 Å². The Morgan fingerprint density at radius 2 is 1.05 bits per heavy atom. The molecule has 0 spiro atoms. The average Bonchev–Trinajstić information content (AvgIpc) is 1.76. The number of aliphatic hydroxyl groups excluding tert-OH is 1. The van der Waals surface area contributed by atoms with Crippen molar-refractivity contribution < 1.29 is 112 Å². The van der Waals surface area contributed by atoms with Gasteiger partial charge < -0.3 is 105 Å². The van der Waals surface area contributed by atoms with Crippen molar-refractivity contribution in [2.75, 3.05) is 32.8 Å². The molecule has 37 heteroatoms. The van der Waals surface area contributed by atoms with Crippen molar-refractivity contribution in [1.29, 1.82) is 0 Å². The zero-order valence-electron chi connectivity index (χ0n) is 56.0. The van der Waals surface area contributed by atoms with Crippen LogP contribution in [0.15, 0.2) is 29.3 Å². The number of likely N-dealkylation sites (tertiary alicyclic amines) is 1. The zero-order valence-corrected chi connectivity index (χ0v) is 56.0. The number of carboxylic acid groups (broad SMARTS) is 4. The van der Waals surface area contributed by atoms with E-state index in [0.29, 0.717) is 24.8 Å². The molecule has 2 rings (SSSR count). The molecule has 2 unspecified atom stereocenters. The third kappa shape index (κ3) is 33.9. The van der Waals surface area contributed by atoms with Crippen LogP contribution < -0.4 is 65.1 Å². The number of aliphatic imine (C=N–C) groups is 1. The number of ether oxygens (including phenoxy) is 1. The van der Waals surface area contributed by atoms with Crippen LogP contribution in [0.4, 0.5) is 0 Å². The van der Waals surface area contributed by atoms with Gasteiger partial charge in [-0.05, 0) is 103 Å². The number of unbranched alkanes of at least 4 members (excludes halogenated alkanes) is 1. The van der Waals surface area contributed by atoms with E-state index in [9.17, 15) is 102 Å². The molecule has 99 heavy (non-hydrogen) atoms. The van der Waals surface area contributed by atoms with Crippen LogP contribution in [0.5, 0.6) is 0 Å². The molecule has 21 N–H and O–H groups in total. The van der Waals surface area contributed by atoms with Crippen molar-refractivity contribution in [2.45, 2.75) is 210 Å². The lowest BCUT2D eigenvalue weighted by atomic mass is 10.0. The number of amides is 10. The number of aliphatic hydroxyl groups is 2. The number of ketones is 2. The van der Waals surface area contributed by atoms with Crippen LogP contribution in [0, 0.1) is 5.92 Å². The van der Waals surface area contributed by atoms with Gasteiger partial charge in [0.1, 0.15) is 54.9 Å². The highest BCUT2D eigenvalue weighted by Crippen LogP contribution is 2.22. The van der Waals surface area contributed by atoms with Gasteiger partial charge in [0.15, 0.2) is 23.8 Å². The summed E-state index contributed by atoms with van der Waals surface area (Å²) in [5.74, 6) is -16.2. The van der Waals surface area contributed by atoms with E-state index in [1.807, 2.05) is 13.8 Å². The fourth-order valence-corrected chi connectivity index (χ4v) is 9.88. The first-order valence-corrected chi connectivity index (χ1v) is 32.2. The van der Waals surface area contributed by atoms with Gasteiger partial charge in [0.2, 0.25) is 59.1 Å². The Kier molecular flexibility index (Phi) is 38.1. The lowest BCUT2D eigenvalue weighted by molar-refractivity contribution is -0.143. The van der Waals surface area contributed by atoms with Gasteiger partial charge in [-0.1, -0.05) is 38.1 Å². The van der Waals surface area contributed by atoms with Crippen molar-refractivity contribution in [3.63, 3.8) is 0 Å². The predicted octanol–water partition coefficient (Wildman–Crippen LogP) is -4.59. The van der Waals surface area contributed by atoms with E-state index < -0.39 is 220 Å². The van der Waals surface area contributed by atoms with E-state index in [1.165, 1.54) is 49.9 Å². The SMILES string of the molecule is CC(=O)c1ccc(CC(NC(=O)[C@@H](CCC(=O)O)NC(=O)[C@@H](CCC(O)O)NC(=O)[C@@H](CCC(=O)O)NC(=O)[C@@H](CCC(=O)O)NC(=O)[C@H](N)CCC(=O)O)C(=O)NCCOCC(=O)N[C@@H](CCCCN=C(N)N)C(=O)N2CCCC2C(=O)N[C@@H](CC(C)C)C(=O)N[C@@H](C)C(C)=O)cc1. The topological polar surface area (TPSA) is 606 Å². The Morgan fingerprint density at radius 1 is 0.566 bits per heavy atom. The van der Waals surface area contributed by atoms with Gasteiger partial charge >= 0.3 is 23.9 Å². The molecule has 552 valence electrons. The molecule has 1 heterocycles. The van der Waals surface area contributed by atoms with Gasteiger partial charge in [-0.3, -0.25) is 81.7 Å². The normalized spacial score (nSPS) is 15.3. The third-order valence-corrected chi connectivity index (χ3v) is 15.4. The number of rotatable bonds is 48. The highest BCUT2D eigenvalue weighted by Gasteiger charge is 2.40. The molecule has 1 aromatic rings. The smallest absolute Gasteiger partial charge is 0.303 e. The van der Waals surface area contributed by atoms with E-state index >= 15 is 0 Å². The number of guanidine groups is 1. The summed E-state index contributed by atoms with van der Waals surface area (Å²) < 4.78 is 5.57. The molecule has 1 fully saturated rings. The monoisotopic (exact) mass is 1400 g/mol. The minimum absolute atomic E-state index is 0.0596. The fourth-order valence-electron chi connectivity index (χ4n) is 9.88. The van der Waals surface area contributed by atoms with Crippen LogP contribution in [0.2, 0.25) is 0 Å². The summed E-state index contributed by atoms with van der Waals surface area (Å²) in [5, 5.41) is 79.0. The number of nitrogens with one attached hydrogen (secondary N) is 9. The summed E-state index contributed by atoms with van der Waals surface area (Å²) >= 11 is 0. The Morgan fingerprint density at radius 3 is 1.53 bits per heavy atom. The van der Waals surface area contributed by atoms with Gasteiger partial charge in [-0.15, -0.1) is 0 Å². The molecule has 0 bridgehead atoms. The van der Waals surface area contributed by atoms with E-state index in [4.69, 9.17) is 27.0 Å². The quantitative estimate of drug-likeness (QED) is 0.00960. The molecule has 1 saturated heterocycles. The second-order valence-corrected chi connectivity index (χ2v) is 24.1. The maximum atomic E-state index is 14.3. The van der Waals surface area contributed by atoms with Crippen molar-refractivity contribution in [3.05, 3.63) is 35.4 Å². The minimum Gasteiger partial charge on any atom is -0.481 e. The zero-order chi connectivity index (χ0) is 74.6. The van der Waals surface area contributed by atoms with Gasteiger partial charge in [-0.25, -0.2) is 0 Å². The highest BCUT2D eigenvalue weighted by molar-refractivity contribution is 5.99. The van der Waals surface area contributed by atoms with Crippen molar-refractivity contribution >= 4 is 100 Å². The van der Waals surface area contributed by atoms with Crippen LogP contribution in [-0.2, 0) is 83.1 Å². The van der Waals surface area contributed by atoms with E-state index in [2.05, 4.69) is 52.8 Å². The molecule has 37 nitrogen and oxygen atoms in total. The molecule has 10 amide bonds. The van der Waals surface area contributed by atoms with Crippen LogP contribution in [0.25, 0.3) is 0 Å². The lowest BCUT2D eigenvalue weighted by Gasteiger charge is -2.30. The lowest BCUT2D eigenvalue weighted by Crippen LogP contribution is -2.59. The number of aliphatic carboxylic acids is 4. The molecule has 1 aliphatic rings. The van der Waals surface area contributed by atoms with Crippen molar-refractivity contribution in [1.82, 2.24) is 52.8 Å². The second kappa shape index (κ2) is 44.2. The second-order valence-electron chi connectivity index (χ2n) is 24.1. The number of Topliss-reactive ketones (excluding diaryl/α,β-unsaturated/α-hetero) is 2. The first kappa shape index (κ1) is 85.3. The Bertz CT molecular complexity index is 3020. The predicted molar refractivity (Wildman–Crippen MR) is 347 cm³/mol. The Balaban J connectivity index is 2.41. The Hall–Kier alpha value is -9.75. The van der Waals surface area contributed by atoms with Crippen LogP contribution in [0.1, 0.15) is 153 Å². The summed E-state index contributed by atoms with van der Waals surface area (Å²) in [6.45, 7) is 6.75. The summed E-state index contributed by atoms with van der Waals surface area (Å²) in [7, 11) is 0. The molecular weight excluding hydrogens is 1310 g/mol. The first-order valence-electron chi connectivity index (χ1n) is 32.2. The van der Waals surface area contributed by atoms with E-state index in [1.54, 1.807) is 0 Å². The van der Waals surface area contributed by atoms with Crippen LogP contribution >= 0.6 is 0 Å². The molecule has 10 atom stereocenters. The molecule has 1 aromatic carbocycles. The summed E-state index contributed by atoms with van der Waals surface area (Å²) in [5.41, 5.74) is 17.3. The molecular formula is C62H96N14O23. The van der Waals surface area contributed by atoms with Gasteiger partial charge in [0, 0.05) is 63.7 Å².